The zero-order chi connectivity index (χ0) is 19.7. The average Bonchev–Trinajstić information content (AvgIpc) is 2.70. The van der Waals surface area contributed by atoms with E-state index in [1.165, 1.54) is 18.7 Å². The molecule has 0 amide bonds. The van der Waals surface area contributed by atoms with Crippen molar-refractivity contribution in [3.05, 3.63) is 94.3 Å². The summed E-state index contributed by atoms with van der Waals surface area (Å²) in [5.74, 6) is -0.0279. The fraction of sp³-hybridized carbons (Fsp3) is 0.0833. The third kappa shape index (κ3) is 3.51. The molecule has 0 radical (unpaired) electrons. The van der Waals surface area contributed by atoms with E-state index >= 15 is 0 Å². The number of rotatable bonds is 4. The zero-order valence-electron chi connectivity index (χ0n) is 15.6. The van der Waals surface area contributed by atoms with Crippen LogP contribution in [0.5, 0.6) is 0 Å². The first-order valence-corrected chi connectivity index (χ1v) is 9.76. The Morgan fingerprint density at radius 3 is 2.32 bits per heavy atom. The lowest BCUT2D eigenvalue weighted by molar-refractivity contribution is 0.101. The number of ketones is 1. The molecule has 0 saturated heterocycles. The minimum atomic E-state index is -0.382. The Hall–Kier alpha value is -3.11. The molecule has 0 N–H and O–H groups in total. The summed E-state index contributed by atoms with van der Waals surface area (Å²) in [6.45, 7) is 3.56. The zero-order valence-corrected chi connectivity index (χ0v) is 16.4. The lowest BCUT2D eigenvalue weighted by Gasteiger charge is -2.12. The Kier molecular flexibility index (Phi) is 4.88. The highest BCUT2D eigenvalue weighted by Gasteiger charge is 2.18. The summed E-state index contributed by atoms with van der Waals surface area (Å²) < 4.78 is 5.60. The smallest absolute Gasteiger partial charge is 0.351 e. The molecule has 1 aromatic heterocycles. The molecule has 138 valence electrons. The van der Waals surface area contributed by atoms with E-state index in [4.69, 9.17) is 4.42 Å². The van der Waals surface area contributed by atoms with Gasteiger partial charge in [-0.3, -0.25) is 4.79 Å². The Labute approximate surface area is 167 Å². The van der Waals surface area contributed by atoms with Crippen LogP contribution >= 0.6 is 11.8 Å². The van der Waals surface area contributed by atoms with E-state index in [-0.39, 0.29) is 11.4 Å². The maximum Gasteiger partial charge on any atom is 0.351 e. The van der Waals surface area contributed by atoms with Crippen molar-refractivity contribution in [2.75, 3.05) is 0 Å². The molecule has 3 aromatic carbocycles. The summed E-state index contributed by atoms with van der Waals surface area (Å²) in [5.41, 5.74) is 3.54. The molecule has 4 heteroatoms. The average molecular weight is 386 g/mol. The van der Waals surface area contributed by atoms with Crippen LogP contribution in [0.15, 0.2) is 91.8 Å². The Bertz CT molecular complexity index is 1220. The van der Waals surface area contributed by atoms with Crippen molar-refractivity contribution in [2.24, 2.45) is 0 Å². The first-order valence-electron chi connectivity index (χ1n) is 8.94. The number of carbonyl (C=O) groups is 1. The van der Waals surface area contributed by atoms with Crippen molar-refractivity contribution in [3.63, 3.8) is 0 Å². The first-order chi connectivity index (χ1) is 13.5. The summed E-state index contributed by atoms with van der Waals surface area (Å²) >= 11 is 1.38. The number of hydrogen-bond donors (Lipinski definition) is 0. The molecule has 0 aliphatic rings. The topological polar surface area (TPSA) is 47.3 Å². The second kappa shape index (κ2) is 7.49. The summed E-state index contributed by atoms with van der Waals surface area (Å²) in [6, 6.07) is 22.9. The fourth-order valence-corrected chi connectivity index (χ4v) is 4.07. The van der Waals surface area contributed by atoms with Crippen LogP contribution in [0, 0.1) is 6.92 Å². The Balaban J connectivity index is 2.02. The molecule has 4 rings (SSSR count). The molecule has 4 aromatic rings. The van der Waals surface area contributed by atoms with Crippen LogP contribution in [0.1, 0.15) is 22.8 Å². The van der Waals surface area contributed by atoms with Crippen molar-refractivity contribution in [3.8, 4) is 11.1 Å². The molecular formula is C24H18O3S. The second-order valence-electron chi connectivity index (χ2n) is 6.64. The van der Waals surface area contributed by atoms with E-state index in [2.05, 4.69) is 0 Å². The standard InChI is InChI=1S/C24H18O3S/c1-15-8-11-19(12-9-15)28-23-22(17-6-4-3-5-7-17)20-14-18(16(2)25)10-13-21(20)27-24(23)26/h3-14H,1-2H3. The van der Waals surface area contributed by atoms with Gasteiger partial charge in [0.2, 0.25) is 0 Å². The highest BCUT2D eigenvalue weighted by atomic mass is 32.2. The third-order valence-corrected chi connectivity index (χ3v) is 5.66. The van der Waals surface area contributed by atoms with Crippen molar-refractivity contribution >= 4 is 28.5 Å². The minimum absolute atomic E-state index is 0.0279. The number of benzene rings is 3. The van der Waals surface area contributed by atoms with Gasteiger partial charge in [-0.1, -0.05) is 59.8 Å². The lowest BCUT2D eigenvalue weighted by atomic mass is 9.99. The molecule has 0 spiro atoms. The minimum Gasteiger partial charge on any atom is -0.422 e. The second-order valence-corrected chi connectivity index (χ2v) is 7.73. The summed E-state index contributed by atoms with van der Waals surface area (Å²) in [4.78, 5) is 26.2. The van der Waals surface area contributed by atoms with E-state index in [1.54, 1.807) is 12.1 Å². The van der Waals surface area contributed by atoms with Gasteiger partial charge in [0.25, 0.3) is 0 Å². The molecule has 1 heterocycles. The highest BCUT2D eigenvalue weighted by molar-refractivity contribution is 7.99. The summed E-state index contributed by atoms with van der Waals surface area (Å²) in [6.07, 6.45) is 0. The van der Waals surface area contributed by atoms with E-state index < -0.39 is 0 Å². The van der Waals surface area contributed by atoms with Crippen LogP contribution < -0.4 is 5.63 Å². The number of Topliss-reactive ketones (excluding diaryl/α,β-unsaturated/α-hetero) is 1. The molecule has 28 heavy (non-hydrogen) atoms. The highest BCUT2D eigenvalue weighted by Crippen LogP contribution is 2.38. The van der Waals surface area contributed by atoms with E-state index in [1.807, 2.05) is 67.6 Å². The maximum absolute atomic E-state index is 12.9. The van der Waals surface area contributed by atoms with Gasteiger partial charge in [0.1, 0.15) is 10.5 Å². The van der Waals surface area contributed by atoms with E-state index in [0.717, 1.165) is 27.0 Å². The predicted octanol–water partition coefficient (Wildman–Crippen LogP) is 6.12. The molecule has 0 atom stereocenters. The van der Waals surface area contributed by atoms with E-state index in [0.29, 0.717) is 16.0 Å². The molecule has 0 fully saturated rings. The van der Waals surface area contributed by atoms with Crippen LogP contribution in [0.25, 0.3) is 22.1 Å². The van der Waals surface area contributed by atoms with Gasteiger partial charge in [0.15, 0.2) is 5.78 Å². The third-order valence-electron chi connectivity index (χ3n) is 4.57. The largest absolute Gasteiger partial charge is 0.422 e. The summed E-state index contributed by atoms with van der Waals surface area (Å²) in [7, 11) is 0. The normalized spacial score (nSPS) is 10.9. The fourth-order valence-electron chi connectivity index (χ4n) is 3.11. The van der Waals surface area contributed by atoms with Crippen LogP contribution in [-0.4, -0.2) is 5.78 Å². The number of fused-ring (bicyclic) bond motifs is 1. The van der Waals surface area contributed by atoms with Gasteiger partial charge in [0, 0.05) is 21.4 Å². The molecule has 0 aliphatic heterocycles. The van der Waals surface area contributed by atoms with Crippen molar-refractivity contribution in [1.82, 2.24) is 0 Å². The van der Waals surface area contributed by atoms with Crippen molar-refractivity contribution in [1.29, 1.82) is 0 Å². The van der Waals surface area contributed by atoms with Crippen molar-refractivity contribution in [2.45, 2.75) is 23.6 Å². The van der Waals surface area contributed by atoms with Crippen LogP contribution in [0.3, 0.4) is 0 Å². The van der Waals surface area contributed by atoms with Gasteiger partial charge in [-0.05, 0) is 49.7 Å². The first kappa shape index (κ1) is 18.3. The van der Waals surface area contributed by atoms with Crippen LogP contribution in [-0.2, 0) is 0 Å². The van der Waals surface area contributed by atoms with E-state index in [9.17, 15) is 9.59 Å². The van der Waals surface area contributed by atoms with Gasteiger partial charge >= 0.3 is 5.63 Å². The summed E-state index contributed by atoms with van der Waals surface area (Å²) in [5, 5.41) is 0.758. The predicted molar refractivity (Wildman–Crippen MR) is 113 cm³/mol. The molecular weight excluding hydrogens is 368 g/mol. The van der Waals surface area contributed by atoms with Gasteiger partial charge < -0.3 is 4.42 Å². The molecule has 0 bridgehead atoms. The lowest BCUT2D eigenvalue weighted by Crippen LogP contribution is -2.05. The molecule has 0 unspecified atom stereocenters. The molecule has 3 nitrogen and oxygen atoms in total. The Morgan fingerprint density at radius 1 is 0.929 bits per heavy atom. The van der Waals surface area contributed by atoms with Gasteiger partial charge in [-0.25, -0.2) is 4.79 Å². The van der Waals surface area contributed by atoms with Gasteiger partial charge in [-0.2, -0.15) is 0 Å². The number of aryl methyl sites for hydroxylation is 1. The van der Waals surface area contributed by atoms with Crippen molar-refractivity contribution < 1.29 is 9.21 Å². The quantitative estimate of drug-likeness (QED) is 0.313. The number of carbonyl (C=O) groups excluding carboxylic acids is 1. The molecule has 0 saturated carbocycles. The maximum atomic E-state index is 12.9. The Morgan fingerprint density at radius 2 is 1.64 bits per heavy atom. The van der Waals surface area contributed by atoms with Crippen LogP contribution in [0.2, 0.25) is 0 Å². The monoisotopic (exact) mass is 386 g/mol. The molecule has 0 aliphatic carbocycles. The van der Waals surface area contributed by atoms with Gasteiger partial charge in [0.05, 0.1) is 0 Å². The number of hydrogen-bond acceptors (Lipinski definition) is 4. The van der Waals surface area contributed by atoms with Crippen LogP contribution in [0.4, 0.5) is 0 Å². The van der Waals surface area contributed by atoms with Gasteiger partial charge in [-0.15, -0.1) is 0 Å². The SMILES string of the molecule is CC(=O)c1ccc2oc(=O)c(Sc3ccc(C)cc3)c(-c3ccccc3)c2c1.